The fourth-order valence-corrected chi connectivity index (χ4v) is 9.50. The van der Waals surface area contributed by atoms with Crippen LogP contribution in [0.3, 0.4) is 0 Å². The summed E-state index contributed by atoms with van der Waals surface area (Å²) < 4.78 is 2.53. The molecule has 3 nitrogen and oxygen atoms in total. The first-order valence-corrected chi connectivity index (χ1v) is 22.7. The van der Waals surface area contributed by atoms with E-state index in [1.165, 1.54) is 38.6 Å². The third-order valence-corrected chi connectivity index (χ3v) is 13.0. The van der Waals surface area contributed by atoms with E-state index in [-0.39, 0.29) is 5.41 Å². The number of allylic oxidation sites excluding steroid dienone is 4. The lowest BCUT2D eigenvalue weighted by Crippen LogP contribution is -2.19. The Balaban J connectivity index is 1.23. The van der Waals surface area contributed by atoms with Gasteiger partial charge in [0.2, 0.25) is 0 Å². The van der Waals surface area contributed by atoms with Gasteiger partial charge in [0.15, 0.2) is 5.82 Å². The SMILES string of the molecule is CC(C)(C)C1C=CC(c2cc(-c3cc(-c4ccccc4)nc(-c4ccccc4)n3)cc(-c3ccccc3)c2-n2c3ccc(-c4ccccc4)cc3c3cc(-c4ccccc4)ccc32)=CC1. The van der Waals surface area contributed by atoms with Gasteiger partial charge in [-0.3, -0.25) is 0 Å². The minimum Gasteiger partial charge on any atom is -0.308 e. The fourth-order valence-electron chi connectivity index (χ4n) is 9.50. The van der Waals surface area contributed by atoms with E-state index in [2.05, 4.69) is 244 Å². The van der Waals surface area contributed by atoms with Crippen molar-refractivity contribution >= 4 is 27.4 Å². The van der Waals surface area contributed by atoms with Crippen molar-refractivity contribution in [3.63, 3.8) is 0 Å². The first kappa shape index (κ1) is 39.9. The predicted molar refractivity (Wildman–Crippen MR) is 274 cm³/mol. The molecule has 0 amide bonds. The minimum absolute atomic E-state index is 0.140. The highest BCUT2D eigenvalue weighted by molar-refractivity contribution is 6.13. The van der Waals surface area contributed by atoms with E-state index in [0.717, 1.165) is 67.9 Å². The van der Waals surface area contributed by atoms with Crippen molar-refractivity contribution in [2.24, 2.45) is 11.3 Å². The largest absolute Gasteiger partial charge is 0.308 e. The summed E-state index contributed by atoms with van der Waals surface area (Å²) in [4.78, 5) is 10.5. The zero-order valence-corrected chi connectivity index (χ0v) is 37.0. The standard InChI is InChI=1S/C62H49N3/c1-62(2,3)51-33-29-45(30-34-51)53-40-50(57-41-56(46-25-15-7-16-26-46)63-61(64-57)47-27-17-8-18-28-47)39-52(44-23-13-6-14-24-44)60(53)65-58-35-31-48(42-19-9-4-10-20-42)37-54(58)55-38-49(32-36-59(55)65)43-21-11-5-12-22-43/h4-33,35-41,51H,34H2,1-3H3. The molecule has 3 heteroatoms. The van der Waals surface area contributed by atoms with E-state index >= 15 is 0 Å². The number of benzene rings is 8. The average molecular weight is 836 g/mol. The van der Waals surface area contributed by atoms with Gasteiger partial charge in [-0.1, -0.05) is 203 Å². The topological polar surface area (TPSA) is 30.7 Å². The van der Waals surface area contributed by atoms with E-state index in [4.69, 9.17) is 9.97 Å². The number of hydrogen-bond donors (Lipinski definition) is 0. The van der Waals surface area contributed by atoms with Crippen molar-refractivity contribution in [2.45, 2.75) is 27.2 Å². The molecule has 2 heterocycles. The average Bonchev–Trinajstić information content (AvgIpc) is 3.69. The summed E-state index contributed by atoms with van der Waals surface area (Å²) in [5.74, 6) is 1.13. The summed E-state index contributed by atoms with van der Waals surface area (Å²) in [5.41, 5.74) is 17.8. The van der Waals surface area contributed by atoms with Crippen LogP contribution < -0.4 is 0 Å². The second kappa shape index (κ2) is 16.7. The zero-order chi connectivity index (χ0) is 43.9. The van der Waals surface area contributed by atoms with Gasteiger partial charge >= 0.3 is 0 Å². The van der Waals surface area contributed by atoms with Crippen LogP contribution in [-0.2, 0) is 0 Å². The van der Waals surface area contributed by atoms with Crippen molar-refractivity contribution in [1.82, 2.24) is 14.5 Å². The normalized spacial score (nSPS) is 13.9. The van der Waals surface area contributed by atoms with E-state index in [9.17, 15) is 0 Å². The summed E-state index contributed by atoms with van der Waals surface area (Å²) in [6.45, 7) is 7.03. The lowest BCUT2D eigenvalue weighted by molar-refractivity contribution is 0.294. The minimum atomic E-state index is 0.140. The first-order chi connectivity index (χ1) is 31.9. The molecule has 1 aliphatic carbocycles. The summed E-state index contributed by atoms with van der Waals surface area (Å²) >= 11 is 0. The van der Waals surface area contributed by atoms with Gasteiger partial charge < -0.3 is 4.57 Å². The van der Waals surface area contributed by atoms with Gasteiger partial charge in [-0.15, -0.1) is 0 Å². The Morgan fingerprint density at radius 1 is 0.431 bits per heavy atom. The highest BCUT2D eigenvalue weighted by Crippen LogP contribution is 2.46. The van der Waals surface area contributed by atoms with Crippen molar-refractivity contribution in [1.29, 1.82) is 0 Å². The summed E-state index contributed by atoms with van der Waals surface area (Å²) in [6, 6.07) is 74.0. The number of fused-ring (bicyclic) bond motifs is 3. The van der Waals surface area contributed by atoms with Gasteiger partial charge in [0, 0.05) is 38.6 Å². The van der Waals surface area contributed by atoms with Crippen LogP contribution in [0.2, 0.25) is 0 Å². The number of nitrogens with zero attached hydrogens (tertiary/aromatic N) is 3. The molecule has 0 aliphatic heterocycles. The van der Waals surface area contributed by atoms with Gasteiger partial charge in [0.1, 0.15) is 0 Å². The molecule has 8 aromatic carbocycles. The molecule has 1 aliphatic rings. The summed E-state index contributed by atoms with van der Waals surface area (Å²) in [5, 5.41) is 2.43. The van der Waals surface area contributed by atoms with Crippen LogP contribution in [0.1, 0.15) is 32.8 Å². The molecule has 11 rings (SSSR count). The fraction of sp³-hybridized carbons (Fsp3) is 0.0968. The second-order valence-corrected chi connectivity index (χ2v) is 18.2. The maximum Gasteiger partial charge on any atom is 0.160 e. The van der Waals surface area contributed by atoms with Crippen LogP contribution in [-0.4, -0.2) is 14.5 Å². The first-order valence-electron chi connectivity index (χ1n) is 22.7. The maximum atomic E-state index is 5.38. The van der Waals surface area contributed by atoms with Crippen molar-refractivity contribution in [3.05, 3.63) is 230 Å². The Hall–Kier alpha value is -7.88. The van der Waals surface area contributed by atoms with Crippen molar-refractivity contribution < 1.29 is 0 Å². The molecule has 10 aromatic rings. The Kier molecular flexibility index (Phi) is 10.2. The highest BCUT2D eigenvalue weighted by Gasteiger charge is 2.27. The number of hydrogen-bond acceptors (Lipinski definition) is 2. The predicted octanol–water partition coefficient (Wildman–Crippen LogP) is 16.6. The van der Waals surface area contributed by atoms with Gasteiger partial charge in [0.25, 0.3) is 0 Å². The lowest BCUT2D eigenvalue weighted by Gasteiger charge is -2.30. The molecule has 65 heavy (non-hydrogen) atoms. The van der Waals surface area contributed by atoms with E-state index in [0.29, 0.717) is 11.7 Å². The van der Waals surface area contributed by atoms with Crippen molar-refractivity contribution in [2.75, 3.05) is 0 Å². The molecule has 2 aromatic heterocycles. The Labute approximate surface area is 381 Å². The zero-order valence-electron chi connectivity index (χ0n) is 37.0. The van der Waals surface area contributed by atoms with Crippen LogP contribution in [0.15, 0.2) is 224 Å². The smallest absolute Gasteiger partial charge is 0.160 e. The van der Waals surface area contributed by atoms with Crippen LogP contribution in [0, 0.1) is 11.3 Å². The Bertz CT molecular complexity index is 3240. The van der Waals surface area contributed by atoms with E-state index in [1.807, 2.05) is 6.07 Å². The van der Waals surface area contributed by atoms with Crippen LogP contribution in [0.25, 0.3) is 100 Å². The highest BCUT2D eigenvalue weighted by atomic mass is 15.0. The third-order valence-electron chi connectivity index (χ3n) is 13.0. The van der Waals surface area contributed by atoms with Crippen molar-refractivity contribution in [3.8, 4) is 73.0 Å². The summed E-state index contributed by atoms with van der Waals surface area (Å²) in [6.07, 6.45) is 8.23. The molecule has 0 radical (unpaired) electrons. The molecule has 0 bridgehead atoms. The molecule has 0 N–H and O–H groups in total. The molecule has 312 valence electrons. The summed E-state index contributed by atoms with van der Waals surface area (Å²) in [7, 11) is 0. The lowest BCUT2D eigenvalue weighted by atomic mass is 9.75. The van der Waals surface area contributed by atoms with Gasteiger partial charge in [-0.25, -0.2) is 9.97 Å². The molecule has 0 saturated carbocycles. The number of aromatic nitrogens is 3. The molecule has 0 fully saturated rings. The van der Waals surface area contributed by atoms with Gasteiger partial charge in [-0.2, -0.15) is 0 Å². The third kappa shape index (κ3) is 7.70. The van der Waals surface area contributed by atoms with Gasteiger partial charge in [-0.05, 0) is 93.6 Å². The molecular weight excluding hydrogens is 787 g/mol. The quantitative estimate of drug-likeness (QED) is 0.153. The maximum absolute atomic E-state index is 5.38. The second-order valence-electron chi connectivity index (χ2n) is 18.2. The van der Waals surface area contributed by atoms with Crippen LogP contribution in [0.4, 0.5) is 0 Å². The Morgan fingerprint density at radius 3 is 1.38 bits per heavy atom. The number of rotatable bonds is 8. The molecular formula is C62H49N3. The molecule has 1 unspecified atom stereocenters. The van der Waals surface area contributed by atoms with E-state index in [1.54, 1.807) is 0 Å². The van der Waals surface area contributed by atoms with E-state index < -0.39 is 0 Å². The molecule has 0 saturated heterocycles. The van der Waals surface area contributed by atoms with Crippen LogP contribution in [0.5, 0.6) is 0 Å². The van der Waals surface area contributed by atoms with Gasteiger partial charge in [0.05, 0.1) is 28.1 Å². The van der Waals surface area contributed by atoms with Crippen LogP contribution >= 0.6 is 0 Å². The molecule has 1 atom stereocenters. The molecule has 0 spiro atoms. The monoisotopic (exact) mass is 835 g/mol. The Morgan fingerprint density at radius 2 is 0.892 bits per heavy atom.